The SMILES string of the molecule is C=CCN(C(=O)C1N(CCCO)C(=O)[C@@H]2[C@@H](C(=O)OCC)[C@@]3(C)CCC12O3)C(C)(C)C. The Balaban J connectivity index is 2.09. The van der Waals surface area contributed by atoms with Gasteiger partial charge in [-0.3, -0.25) is 14.4 Å². The number of aliphatic hydroxyl groups excluding tert-OH is 1. The lowest BCUT2D eigenvalue weighted by molar-refractivity contribution is -0.160. The first-order valence-electron chi connectivity index (χ1n) is 11.2. The van der Waals surface area contributed by atoms with Gasteiger partial charge in [-0.25, -0.2) is 0 Å². The number of amides is 2. The van der Waals surface area contributed by atoms with Crippen LogP contribution < -0.4 is 0 Å². The molecule has 174 valence electrons. The van der Waals surface area contributed by atoms with E-state index >= 15 is 0 Å². The molecular formula is C23H36N2O6. The fourth-order valence-electron chi connectivity index (χ4n) is 5.75. The van der Waals surface area contributed by atoms with E-state index in [1.165, 1.54) is 4.90 Å². The zero-order valence-corrected chi connectivity index (χ0v) is 19.3. The summed E-state index contributed by atoms with van der Waals surface area (Å²) >= 11 is 0. The normalized spacial score (nSPS) is 34.1. The minimum absolute atomic E-state index is 0.0993. The molecule has 1 spiro atoms. The van der Waals surface area contributed by atoms with E-state index in [2.05, 4.69) is 6.58 Å². The van der Waals surface area contributed by atoms with Crippen LogP contribution in [-0.2, 0) is 23.9 Å². The first kappa shape index (κ1) is 23.7. The fraction of sp³-hybridized carbons (Fsp3) is 0.783. The van der Waals surface area contributed by atoms with Gasteiger partial charge in [-0.15, -0.1) is 6.58 Å². The van der Waals surface area contributed by atoms with E-state index in [0.29, 0.717) is 25.8 Å². The van der Waals surface area contributed by atoms with Crippen LogP contribution in [0.3, 0.4) is 0 Å². The minimum atomic E-state index is -1.07. The summed E-state index contributed by atoms with van der Waals surface area (Å²) in [4.78, 5) is 43.7. The molecule has 8 nitrogen and oxygen atoms in total. The van der Waals surface area contributed by atoms with Crippen molar-refractivity contribution in [1.29, 1.82) is 0 Å². The number of ether oxygens (including phenoxy) is 2. The number of likely N-dealkylation sites (tertiary alicyclic amines) is 1. The van der Waals surface area contributed by atoms with Crippen LogP contribution in [-0.4, -0.2) is 81.8 Å². The molecule has 1 N–H and O–H groups in total. The number of carbonyl (C=O) groups is 3. The molecule has 5 atom stereocenters. The van der Waals surface area contributed by atoms with Gasteiger partial charge in [0.25, 0.3) is 0 Å². The standard InChI is InChI=1S/C23H36N2O6/c1-7-12-25(21(3,4)5)19(28)17-23-11-10-22(6,31-23)16(20(29)30-8-2)15(23)18(27)24(17)13-9-14-26/h7,15-17,26H,1,8-14H2,2-6H3/t15-,16-,17?,22+,23?/m0/s1. The molecule has 0 aromatic rings. The third-order valence-corrected chi connectivity index (χ3v) is 7.00. The fourth-order valence-corrected chi connectivity index (χ4v) is 5.75. The number of carbonyl (C=O) groups excluding carboxylic acids is 3. The van der Waals surface area contributed by atoms with Crippen molar-refractivity contribution in [2.24, 2.45) is 11.8 Å². The van der Waals surface area contributed by atoms with Gasteiger partial charge in [-0.05, 0) is 53.9 Å². The molecule has 2 unspecified atom stereocenters. The number of hydrogen-bond acceptors (Lipinski definition) is 6. The van der Waals surface area contributed by atoms with Crippen molar-refractivity contribution < 1.29 is 29.0 Å². The van der Waals surface area contributed by atoms with E-state index < -0.39 is 40.6 Å². The lowest BCUT2D eigenvalue weighted by Crippen LogP contribution is -2.60. The van der Waals surface area contributed by atoms with Crippen LogP contribution in [0.25, 0.3) is 0 Å². The molecule has 0 aliphatic carbocycles. The zero-order valence-electron chi connectivity index (χ0n) is 19.3. The third-order valence-electron chi connectivity index (χ3n) is 7.00. The van der Waals surface area contributed by atoms with Gasteiger partial charge in [-0.2, -0.15) is 0 Å². The van der Waals surface area contributed by atoms with Gasteiger partial charge in [0.2, 0.25) is 11.8 Å². The molecule has 2 bridgehead atoms. The van der Waals surface area contributed by atoms with Gasteiger partial charge in [0.05, 0.1) is 18.1 Å². The highest BCUT2D eigenvalue weighted by atomic mass is 16.6. The summed E-state index contributed by atoms with van der Waals surface area (Å²) in [5.41, 5.74) is -2.40. The van der Waals surface area contributed by atoms with Crippen molar-refractivity contribution in [3.63, 3.8) is 0 Å². The molecule has 3 aliphatic rings. The molecule has 3 heterocycles. The van der Waals surface area contributed by atoms with Crippen molar-refractivity contribution in [1.82, 2.24) is 9.80 Å². The van der Waals surface area contributed by atoms with Gasteiger partial charge in [0.15, 0.2) is 0 Å². The molecule has 0 aromatic carbocycles. The Morgan fingerprint density at radius 2 is 2.06 bits per heavy atom. The first-order chi connectivity index (χ1) is 14.5. The Kier molecular flexibility index (Phi) is 6.28. The molecule has 3 rings (SSSR count). The minimum Gasteiger partial charge on any atom is -0.466 e. The molecule has 8 heteroatoms. The van der Waals surface area contributed by atoms with E-state index in [-0.39, 0.29) is 31.6 Å². The van der Waals surface area contributed by atoms with E-state index in [1.807, 2.05) is 27.7 Å². The second-order valence-electron chi connectivity index (χ2n) is 10.00. The van der Waals surface area contributed by atoms with Crippen molar-refractivity contribution in [3.05, 3.63) is 12.7 Å². The Hall–Kier alpha value is -1.93. The van der Waals surface area contributed by atoms with Crippen LogP contribution >= 0.6 is 0 Å². The maximum absolute atomic E-state index is 14.0. The maximum atomic E-state index is 14.0. The molecule has 31 heavy (non-hydrogen) atoms. The summed E-state index contributed by atoms with van der Waals surface area (Å²) < 4.78 is 11.8. The number of rotatable bonds is 8. The Morgan fingerprint density at radius 3 is 2.61 bits per heavy atom. The second-order valence-corrected chi connectivity index (χ2v) is 10.00. The number of fused-ring (bicyclic) bond motifs is 1. The molecular weight excluding hydrogens is 400 g/mol. The second kappa shape index (κ2) is 8.20. The molecule has 0 aromatic heterocycles. The summed E-state index contributed by atoms with van der Waals surface area (Å²) in [6, 6.07) is -0.850. The smallest absolute Gasteiger partial charge is 0.312 e. The highest BCUT2D eigenvalue weighted by Gasteiger charge is 2.78. The van der Waals surface area contributed by atoms with E-state index in [1.54, 1.807) is 17.9 Å². The summed E-state index contributed by atoms with van der Waals surface area (Å²) in [7, 11) is 0. The Morgan fingerprint density at radius 1 is 1.39 bits per heavy atom. The van der Waals surface area contributed by atoms with E-state index in [0.717, 1.165) is 0 Å². The predicted molar refractivity (Wildman–Crippen MR) is 114 cm³/mol. The van der Waals surface area contributed by atoms with Crippen LogP contribution in [0.5, 0.6) is 0 Å². The average Bonchev–Trinajstić information content (AvgIpc) is 3.24. The molecule has 3 aliphatic heterocycles. The summed E-state index contributed by atoms with van der Waals surface area (Å²) in [5.74, 6) is -2.43. The number of hydrogen-bond donors (Lipinski definition) is 1. The van der Waals surface area contributed by atoms with E-state index in [9.17, 15) is 19.5 Å². The topological polar surface area (TPSA) is 96.4 Å². The highest BCUT2D eigenvalue weighted by molar-refractivity contribution is 5.98. The largest absolute Gasteiger partial charge is 0.466 e. The van der Waals surface area contributed by atoms with Crippen molar-refractivity contribution >= 4 is 17.8 Å². The van der Waals surface area contributed by atoms with Crippen molar-refractivity contribution in [2.45, 2.75) is 76.7 Å². The van der Waals surface area contributed by atoms with Crippen LogP contribution in [0.1, 0.15) is 53.9 Å². The van der Waals surface area contributed by atoms with Gasteiger partial charge in [0.1, 0.15) is 17.6 Å². The lowest BCUT2D eigenvalue weighted by atomic mass is 9.66. The summed E-state index contributed by atoms with van der Waals surface area (Å²) in [6.07, 6.45) is 3.11. The van der Waals surface area contributed by atoms with E-state index in [4.69, 9.17) is 9.47 Å². The van der Waals surface area contributed by atoms with Crippen molar-refractivity contribution in [2.75, 3.05) is 26.3 Å². The summed E-state index contributed by atoms with van der Waals surface area (Å²) in [6.45, 7) is 13.9. The molecule has 0 radical (unpaired) electrons. The molecule has 2 amide bonds. The van der Waals surface area contributed by atoms with Crippen LogP contribution in [0.2, 0.25) is 0 Å². The van der Waals surface area contributed by atoms with Gasteiger partial charge in [-0.1, -0.05) is 6.08 Å². The molecule has 3 saturated heterocycles. The van der Waals surface area contributed by atoms with Gasteiger partial charge in [0, 0.05) is 25.2 Å². The summed E-state index contributed by atoms with van der Waals surface area (Å²) in [5, 5.41) is 9.39. The predicted octanol–water partition coefficient (Wildman–Crippen LogP) is 1.51. The van der Waals surface area contributed by atoms with Crippen LogP contribution in [0.4, 0.5) is 0 Å². The Bertz CT molecular complexity index is 762. The number of esters is 1. The quantitative estimate of drug-likeness (QED) is 0.458. The molecule has 3 fully saturated rings. The highest BCUT2D eigenvalue weighted by Crippen LogP contribution is 2.63. The monoisotopic (exact) mass is 436 g/mol. The van der Waals surface area contributed by atoms with Gasteiger partial charge < -0.3 is 24.4 Å². The maximum Gasteiger partial charge on any atom is 0.312 e. The third kappa shape index (κ3) is 3.57. The Labute approximate surface area is 184 Å². The first-order valence-corrected chi connectivity index (χ1v) is 11.2. The number of nitrogens with zero attached hydrogens (tertiary/aromatic N) is 2. The zero-order chi connectivity index (χ0) is 23.2. The molecule has 0 saturated carbocycles. The average molecular weight is 437 g/mol. The van der Waals surface area contributed by atoms with Crippen molar-refractivity contribution in [3.8, 4) is 0 Å². The van der Waals surface area contributed by atoms with Crippen LogP contribution in [0.15, 0.2) is 12.7 Å². The number of aliphatic hydroxyl groups is 1. The van der Waals surface area contributed by atoms with Gasteiger partial charge >= 0.3 is 5.97 Å². The van der Waals surface area contributed by atoms with Crippen LogP contribution in [0, 0.1) is 11.8 Å². The lowest BCUT2D eigenvalue weighted by Gasteiger charge is -2.42.